The minimum atomic E-state index is -4.76. The van der Waals surface area contributed by atoms with Gasteiger partial charge in [-0.25, -0.2) is 4.79 Å². The normalized spacial score (nSPS) is 10.8. The summed E-state index contributed by atoms with van der Waals surface area (Å²) >= 11 is -0.702. The fraction of sp³-hybridized carbons (Fsp3) is 0.273. The number of benzene rings is 1. The number of halogens is 3. The van der Waals surface area contributed by atoms with Gasteiger partial charge in [0, 0.05) is 17.0 Å². The number of thioether (sulfide) groups is 1. The number of hydrogen-bond acceptors (Lipinski definition) is 6. The van der Waals surface area contributed by atoms with Crippen molar-refractivity contribution in [3.63, 3.8) is 0 Å². The van der Waals surface area contributed by atoms with Crippen LogP contribution in [-0.4, -0.2) is 23.0 Å². The van der Waals surface area contributed by atoms with Gasteiger partial charge in [-0.1, -0.05) is 0 Å². The monoisotopic (exact) mass is 320 g/mol. The van der Waals surface area contributed by atoms with E-state index >= 15 is 0 Å². The van der Waals surface area contributed by atoms with Crippen LogP contribution in [0.2, 0.25) is 0 Å². The predicted octanol–water partition coefficient (Wildman–Crippen LogP) is 3.26. The van der Waals surface area contributed by atoms with Crippen molar-refractivity contribution in [2.75, 3.05) is 6.61 Å². The molecule has 21 heavy (non-hydrogen) atoms. The van der Waals surface area contributed by atoms with Gasteiger partial charge in [-0.15, -0.1) is 0 Å². The van der Waals surface area contributed by atoms with Crippen molar-refractivity contribution in [2.24, 2.45) is 0 Å². The maximum Gasteiger partial charge on any atom is 0.446 e. The Balaban J connectivity index is 3.51. The molecule has 0 heterocycles. The fourth-order valence-corrected chi connectivity index (χ4v) is 2.08. The molecule has 0 bridgehead atoms. The van der Waals surface area contributed by atoms with E-state index in [1.807, 2.05) is 0 Å². The second-order valence-electron chi connectivity index (χ2n) is 3.50. The Hall–Kier alpha value is -2.28. The largest absolute Gasteiger partial charge is 0.462 e. The van der Waals surface area contributed by atoms with Crippen LogP contribution < -0.4 is 0 Å². The fourth-order valence-electron chi connectivity index (χ4n) is 1.40. The van der Waals surface area contributed by atoms with Crippen molar-refractivity contribution in [3.8, 4) is 6.07 Å². The molecule has 0 fully saturated rings. The molecule has 0 spiro atoms. The third-order valence-corrected chi connectivity index (χ3v) is 2.90. The van der Waals surface area contributed by atoms with Crippen LogP contribution in [0.4, 0.5) is 18.9 Å². The van der Waals surface area contributed by atoms with Gasteiger partial charge in [0.15, 0.2) is 0 Å². The van der Waals surface area contributed by atoms with Crippen molar-refractivity contribution in [1.29, 1.82) is 5.26 Å². The van der Waals surface area contributed by atoms with Crippen LogP contribution >= 0.6 is 11.8 Å². The number of nitriles is 1. The van der Waals surface area contributed by atoms with Gasteiger partial charge in [0.25, 0.3) is 5.69 Å². The Morgan fingerprint density at radius 2 is 2.14 bits per heavy atom. The average Bonchev–Trinajstić information content (AvgIpc) is 2.36. The minimum Gasteiger partial charge on any atom is -0.462 e. The van der Waals surface area contributed by atoms with Crippen LogP contribution in [0.25, 0.3) is 0 Å². The van der Waals surface area contributed by atoms with E-state index in [0.717, 1.165) is 6.07 Å². The Kier molecular flexibility index (Phi) is 5.15. The summed E-state index contributed by atoms with van der Waals surface area (Å²) in [6.07, 6.45) is 0. The number of nitrogens with zero attached hydrogens (tertiary/aromatic N) is 2. The van der Waals surface area contributed by atoms with Gasteiger partial charge >= 0.3 is 11.5 Å². The summed E-state index contributed by atoms with van der Waals surface area (Å²) < 4.78 is 41.9. The molecule has 0 radical (unpaired) electrons. The highest BCUT2D eigenvalue weighted by Crippen LogP contribution is 2.41. The molecule has 1 aromatic carbocycles. The van der Waals surface area contributed by atoms with Crippen LogP contribution in [0, 0.1) is 21.4 Å². The molecule has 0 aliphatic carbocycles. The number of esters is 1. The standard InChI is InChI=1S/C11H7F3N2O4S/c1-2-20-10(17)7-3-6(16(18)19)4-9(8(7)5-15)21-11(12,13)14/h3-4H,2H2,1H3. The number of nitro groups is 1. The van der Waals surface area contributed by atoms with Crippen molar-refractivity contribution < 1.29 is 27.6 Å². The molecule has 0 atom stereocenters. The molecule has 0 aliphatic rings. The van der Waals surface area contributed by atoms with Crippen molar-refractivity contribution in [3.05, 3.63) is 33.4 Å². The van der Waals surface area contributed by atoms with Gasteiger partial charge in [0.1, 0.15) is 6.07 Å². The van der Waals surface area contributed by atoms with E-state index in [1.54, 1.807) is 0 Å². The highest BCUT2D eigenvalue weighted by atomic mass is 32.2. The zero-order valence-corrected chi connectivity index (χ0v) is 11.2. The van der Waals surface area contributed by atoms with Crippen molar-refractivity contribution in [2.45, 2.75) is 17.3 Å². The lowest BCUT2D eigenvalue weighted by Gasteiger charge is -2.10. The summed E-state index contributed by atoms with van der Waals surface area (Å²) in [6, 6.07) is 2.76. The number of nitro benzene ring substituents is 1. The lowest BCUT2D eigenvalue weighted by atomic mass is 10.1. The smallest absolute Gasteiger partial charge is 0.446 e. The molecular weight excluding hydrogens is 313 g/mol. The highest BCUT2D eigenvalue weighted by Gasteiger charge is 2.33. The molecule has 0 aromatic heterocycles. The van der Waals surface area contributed by atoms with Gasteiger partial charge < -0.3 is 4.74 Å². The zero-order valence-electron chi connectivity index (χ0n) is 10.4. The summed E-state index contributed by atoms with van der Waals surface area (Å²) in [5.41, 5.74) is -6.67. The van der Waals surface area contributed by atoms with E-state index in [0.29, 0.717) is 6.07 Å². The van der Waals surface area contributed by atoms with Crippen LogP contribution in [0.5, 0.6) is 0 Å². The summed E-state index contributed by atoms with van der Waals surface area (Å²) in [5.74, 6) is -1.10. The maximum atomic E-state index is 12.4. The quantitative estimate of drug-likeness (QED) is 0.366. The lowest BCUT2D eigenvalue weighted by Crippen LogP contribution is -2.10. The molecule has 0 N–H and O–H groups in total. The molecule has 112 valence electrons. The Morgan fingerprint density at radius 3 is 2.57 bits per heavy atom. The first-order chi connectivity index (χ1) is 9.69. The second-order valence-corrected chi connectivity index (χ2v) is 4.61. The first-order valence-corrected chi connectivity index (χ1v) is 6.16. The van der Waals surface area contributed by atoms with Crippen LogP contribution in [0.1, 0.15) is 22.8 Å². The molecule has 6 nitrogen and oxygen atoms in total. The number of carbonyl (C=O) groups excluding carboxylic acids is 1. The van der Waals surface area contributed by atoms with Crippen LogP contribution in [0.15, 0.2) is 17.0 Å². The van der Waals surface area contributed by atoms with Crippen LogP contribution in [0.3, 0.4) is 0 Å². The molecule has 1 aromatic rings. The number of non-ortho nitro benzene ring substituents is 1. The van der Waals surface area contributed by atoms with Gasteiger partial charge in [0.2, 0.25) is 0 Å². The van der Waals surface area contributed by atoms with Crippen LogP contribution in [-0.2, 0) is 4.74 Å². The van der Waals surface area contributed by atoms with E-state index in [4.69, 9.17) is 5.26 Å². The summed E-state index contributed by atoms with van der Waals surface area (Å²) in [5, 5.41) is 19.7. The maximum absolute atomic E-state index is 12.4. The van der Waals surface area contributed by atoms with Gasteiger partial charge in [-0.2, -0.15) is 18.4 Å². The summed E-state index contributed by atoms with van der Waals surface area (Å²) in [4.78, 5) is 20.7. The zero-order chi connectivity index (χ0) is 16.2. The number of hydrogen-bond donors (Lipinski definition) is 0. The average molecular weight is 320 g/mol. The topological polar surface area (TPSA) is 93.2 Å². The van der Waals surface area contributed by atoms with Crippen molar-refractivity contribution in [1.82, 2.24) is 0 Å². The number of carbonyl (C=O) groups is 1. The first kappa shape index (κ1) is 16.8. The SMILES string of the molecule is CCOC(=O)c1cc([N+](=O)[O-])cc(SC(F)(F)F)c1C#N. The Morgan fingerprint density at radius 1 is 1.52 bits per heavy atom. The molecule has 0 saturated carbocycles. The van der Waals surface area contributed by atoms with Crippen molar-refractivity contribution >= 4 is 23.4 Å². The second kappa shape index (κ2) is 6.45. The molecular formula is C11H7F3N2O4S. The number of alkyl halides is 3. The van der Waals surface area contributed by atoms with E-state index in [9.17, 15) is 28.1 Å². The third-order valence-electron chi connectivity index (χ3n) is 2.13. The predicted molar refractivity (Wildman–Crippen MR) is 65.7 cm³/mol. The van der Waals surface area contributed by atoms with Gasteiger partial charge in [0.05, 0.1) is 22.7 Å². The minimum absolute atomic E-state index is 0.0891. The van der Waals surface area contributed by atoms with Gasteiger partial charge in [-0.3, -0.25) is 10.1 Å². The highest BCUT2D eigenvalue weighted by molar-refractivity contribution is 8.00. The Bertz CT molecular complexity index is 625. The summed E-state index contributed by atoms with van der Waals surface area (Å²) in [6.45, 7) is 1.36. The van der Waals surface area contributed by atoms with Gasteiger partial charge in [-0.05, 0) is 18.7 Å². The molecule has 0 unspecified atom stereocenters. The number of ether oxygens (including phenoxy) is 1. The number of rotatable bonds is 4. The Labute approximate surface area is 120 Å². The molecule has 10 heteroatoms. The van der Waals surface area contributed by atoms with E-state index < -0.39 is 49.9 Å². The lowest BCUT2D eigenvalue weighted by molar-refractivity contribution is -0.385. The molecule has 0 amide bonds. The van der Waals surface area contributed by atoms with E-state index in [1.165, 1.54) is 13.0 Å². The first-order valence-electron chi connectivity index (χ1n) is 5.35. The molecule has 0 saturated heterocycles. The van der Waals surface area contributed by atoms with E-state index in [-0.39, 0.29) is 6.61 Å². The molecule has 0 aliphatic heterocycles. The third kappa shape index (κ3) is 4.35. The molecule has 1 rings (SSSR count). The summed E-state index contributed by atoms with van der Waals surface area (Å²) in [7, 11) is 0. The van der Waals surface area contributed by atoms with E-state index in [2.05, 4.69) is 4.74 Å².